The first-order valence-corrected chi connectivity index (χ1v) is 11.7. The van der Waals surface area contributed by atoms with Crippen molar-refractivity contribution in [2.45, 2.75) is 32.5 Å². The van der Waals surface area contributed by atoms with Crippen LogP contribution in [0.1, 0.15) is 36.0 Å². The van der Waals surface area contributed by atoms with Gasteiger partial charge in [0, 0.05) is 17.3 Å². The van der Waals surface area contributed by atoms with E-state index < -0.39 is 7.52 Å². The highest BCUT2D eigenvalue weighted by atomic mass is 32.1. The van der Waals surface area contributed by atoms with Crippen LogP contribution in [0, 0.1) is 0 Å². The fourth-order valence-corrected chi connectivity index (χ4v) is 6.26. The first-order valence-electron chi connectivity index (χ1n) is 9.05. The third kappa shape index (κ3) is 5.22. The zero-order chi connectivity index (χ0) is 20.4. The molecule has 0 spiro atoms. The zero-order valence-corrected chi connectivity index (χ0v) is 18.2. The Morgan fingerprint density at radius 2 is 1.82 bits per heavy atom. The van der Waals surface area contributed by atoms with Crippen molar-refractivity contribution in [3.05, 3.63) is 65.0 Å². The summed E-state index contributed by atoms with van der Waals surface area (Å²) in [5.41, 5.74) is 0.521. The summed E-state index contributed by atoms with van der Waals surface area (Å²) in [6.45, 7) is 5.89. The fourth-order valence-electron chi connectivity index (χ4n) is 2.92. The molecule has 1 unspecified atom stereocenters. The Morgan fingerprint density at radius 1 is 1.11 bits per heavy atom. The molecule has 3 aromatic rings. The van der Waals surface area contributed by atoms with Gasteiger partial charge in [0.2, 0.25) is 0 Å². The maximum absolute atomic E-state index is 13.7. The molecule has 0 saturated carbocycles. The van der Waals surface area contributed by atoms with Crippen LogP contribution in [-0.4, -0.2) is 18.5 Å². The average molecular weight is 416 g/mol. The molecule has 3 rings (SSSR count). The second kappa shape index (κ2) is 8.08. The van der Waals surface area contributed by atoms with Crippen molar-refractivity contribution in [3.8, 4) is 5.75 Å². The van der Waals surface area contributed by atoms with Gasteiger partial charge in [-0.3, -0.25) is 9.36 Å². The summed E-state index contributed by atoms with van der Waals surface area (Å²) in [4.78, 5) is 12.5. The maximum Gasteiger partial charge on any atom is 0.321 e. The Labute approximate surface area is 169 Å². The summed E-state index contributed by atoms with van der Waals surface area (Å²) >= 11 is 1.44. The molecule has 7 heteroatoms. The number of fused-ring (bicyclic) bond motifs is 1. The molecule has 0 bridgehead atoms. The van der Waals surface area contributed by atoms with Gasteiger partial charge in [-0.1, -0.05) is 24.3 Å². The van der Waals surface area contributed by atoms with E-state index in [9.17, 15) is 9.36 Å². The number of thiophene rings is 1. The van der Waals surface area contributed by atoms with Gasteiger partial charge in [0.25, 0.3) is 5.91 Å². The third-order valence-corrected chi connectivity index (χ3v) is 7.34. The number of carbonyl (C=O) groups is 1. The van der Waals surface area contributed by atoms with E-state index in [1.807, 2.05) is 63.2 Å². The van der Waals surface area contributed by atoms with Gasteiger partial charge in [0.05, 0.1) is 11.0 Å². The number of hydrogen-bond donors (Lipinski definition) is 2. The van der Waals surface area contributed by atoms with Gasteiger partial charge in [-0.15, -0.1) is 11.3 Å². The van der Waals surface area contributed by atoms with E-state index >= 15 is 0 Å². The Balaban J connectivity index is 1.91. The summed E-state index contributed by atoms with van der Waals surface area (Å²) in [5.74, 6) is 0.469. The third-order valence-electron chi connectivity index (χ3n) is 3.92. The fraction of sp³-hybridized carbons (Fsp3) is 0.286. The molecule has 148 valence electrons. The van der Waals surface area contributed by atoms with Crippen molar-refractivity contribution in [2.75, 3.05) is 7.05 Å². The van der Waals surface area contributed by atoms with Crippen LogP contribution in [0.5, 0.6) is 5.75 Å². The van der Waals surface area contributed by atoms with E-state index in [1.54, 1.807) is 19.2 Å². The van der Waals surface area contributed by atoms with Crippen LogP contribution in [0.3, 0.4) is 0 Å². The molecule has 28 heavy (non-hydrogen) atoms. The average Bonchev–Trinajstić information content (AvgIpc) is 3.03. The normalized spacial score (nSPS) is 13.9. The lowest BCUT2D eigenvalue weighted by Crippen LogP contribution is -2.35. The van der Waals surface area contributed by atoms with Gasteiger partial charge in [0.1, 0.15) is 5.75 Å². The molecule has 0 aliphatic carbocycles. The number of amides is 1. The van der Waals surface area contributed by atoms with Gasteiger partial charge in [0.15, 0.2) is 0 Å². The second-order valence-electron chi connectivity index (χ2n) is 7.66. The topological polar surface area (TPSA) is 67.4 Å². The van der Waals surface area contributed by atoms with Crippen LogP contribution in [0.25, 0.3) is 10.1 Å². The Hall–Kier alpha value is -2.14. The monoisotopic (exact) mass is 416 g/mol. The van der Waals surface area contributed by atoms with Crippen LogP contribution in [0.4, 0.5) is 0 Å². The smallest absolute Gasteiger partial charge is 0.321 e. The molecule has 1 atom stereocenters. The lowest BCUT2D eigenvalue weighted by molar-refractivity contribution is 0.0967. The van der Waals surface area contributed by atoms with Gasteiger partial charge in [-0.2, -0.15) is 0 Å². The van der Waals surface area contributed by atoms with E-state index in [4.69, 9.17) is 4.52 Å². The lowest BCUT2D eigenvalue weighted by atomic mass is 10.1. The molecule has 1 aromatic heterocycles. The molecule has 0 aliphatic rings. The summed E-state index contributed by atoms with van der Waals surface area (Å²) in [5, 5.41) is 6.79. The molecule has 0 fully saturated rings. The predicted octanol–water partition coefficient (Wildman–Crippen LogP) is 5.42. The van der Waals surface area contributed by atoms with Gasteiger partial charge in [-0.05, 0) is 62.1 Å². The zero-order valence-electron chi connectivity index (χ0n) is 16.5. The molecule has 1 heterocycles. The van der Waals surface area contributed by atoms with Crippen LogP contribution in [0.15, 0.2) is 54.6 Å². The molecule has 0 saturated heterocycles. The number of nitrogens with one attached hydrogen (secondary N) is 2. The Bertz CT molecular complexity index is 1030. The van der Waals surface area contributed by atoms with E-state index in [2.05, 4.69) is 10.4 Å². The van der Waals surface area contributed by atoms with E-state index in [-0.39, 0.29) is 17.6 Å². The standard InChI is InChI=1S/C21H25N2O3PS/c1-21(2,3)23-27(25,26-17-8-6-5-7-9-17)14-15-10-11-18-16(12-15)13-19(28-18)20(24)22-4/h5-13H,14H2,1-4H3,(H,22,24)(H,23,25). The van der Waals surface area contributed by atoms with Crippen molar-refractivity contribution in [1.82, 2.24) is 10.4 Å². The van der Waals surface area contributed by atoms with Crippen molar-refractivity contribution in [1.29, 1.82) is 0 Å². The SMILES string of the molecule is CNC(=O)c1cc2cc(CP(=O)(NC(C)(C)C)Oc3ccccc3)ccc2s1. The van der Waals surface area contributed by atoms with Crippen molar-refractivity contribution >= 4 is 34.8 Å². The number of rotatable bonds is 6. The molecule has 1 amide bonds. The quantitative estimate of drug-likeness (QED) is 0.527. The highest BCUT2D eigenvalue weighted by Gasteiger charge is 2.30. The lowest BCUT2D eigenvalue weighted by Gasteiger charge is -2.28. The van der Waals surface area contributed by atoms with Crippen molar-refractivity contribution in [2.24, 2.45) is 0 Å². The van der Waals surface area contributed by atoms with Gasteiger partial charge < -0.3 is 9.84 Å². The molecule has 2 aromatic carbocycles. The molecular weight excluding hydrogens is 391 g/mol. The largest absolute Gasteiger partial charge is 0.432 e. The molecule has 0 radical (unpaired) electrons. The maximum atomic E-state index is 13.7. The number of carbonyl (C=O) groups excluding carboxylic acids is 1. The number of hydrogen-bond acceptors (Lipinski definition) is 4. The van der Waals surface area contributed by atoms with Crippen LogP contribution < -0.4 is 14.9 Å². The summed E-state index contributed by atoms with van der Waals surface area (Å²) < 4.78 is 20.6. The summed E-state index contributed by atoms with van der Waals surface area (Å²) in [6.07, 6.45) is 0.250. The Morgan fingerprint density at radius 3 is 2.46 bits per heavy atom. The molecule has 2 N–H and O–H groups in total. The second-order valence-corrected chi connectivity index (χ2v) is 10.8. The highest BCUT2D eigenvalue weighted by molar-refractivity contribution is 7.56. The molecule has 0 aliphatic heterocycles. The Kier molecular flexibility index (Phi) is 5.94. The number of para-hydroxylation sites is 1. The summed E-state index contributed by atoms with van der Waals surface area (Å²) in [6, 6.07) is 16.9. The number of benzene rings is 2. The van der Waals surface area contributed by atoms with Crippen LogP contribution in [-0.2, 0) is 10.7 Å². The highest BCUT2D eigenvalue weighted by Crippen LogP contribution is 2.48. The van der Waals surface area contributed by atoms with Crippen LogP contribution >= 0.6 is 18.9 Å². The van der Waals surface area contributed by atoms with E-state index in [1.165, 1.54) is 11.3 Å². The van der Waals surface area contributed by atoms with Crippen molar-refractivity contribution in [3.63, 3.8) is 0 Å². The first-order chi connectivity index (χ1) is 13.2. The molecular formula is C21H25N2O3PS. The predicted molar refractivity (Wildman–Crippen MR) is 116 cm³/mol. The van der Waals surface area contributed by atoms with E-state index in [0.29, 0.717) is 10.6 Å². The van der Waals surface area contributed by atoms with E-state index in [0.717, 1.165) is 15.6 Å². The minimum absolute atomic E-state index is 0.102. The van der Waals surface area contributed by atoms with Gasteiger partial charge >= 0.3 is 7.52 Å². The first kappa shape index (κ1) is 20.6. The van der Waals surface area contributed by atoms with Crippen LogP contribution in [0.2, 0.25) is 0 Å². The van der Waals surface area contributed by atoms with Gasteiger partial charge in [-0.25, -0.2) is 5.09 Å². The summed E-state index contributed by atoms with van der Waals surface area (Å²) in [7, 11) is -1.59. The minimum atomic E-state index is -3.21. The minimum Gasteiger partial charge on any atom is -0.432 e. The molecule has 5 nitrogen and oxygen atoms in total. The van der Waals surface area contributed by atoms with Crippen molar-refractivity contribution < 1.29 is 13.9 Å².